The second-order valence-electron chi connectivity index (χ2n) is 6.70. The molecule has 1 aliphatic rings. The summed E-state index contributed by atoms with van der Waals surface area (Å²) in [6.07, 6.45) is 3.97. The number of halogens is 2. The van der Waals surface area contributed by atoms with Crippen LogP contribution in [0.3, 0.4) is 0 Å². The minimum atomic E-state index is -2.98. The molecule has 4 aromatic heterocycles. The van der Waals surface area contributed by atoms with Crippen molar-refractivity contribution in [3.8, 4) is 34.1 Å². The molecule has 5 heterocycles. The van der Waals surface area contributed by atoms with Crippen LogP contribution in [0.1, 0.15) is 12.1 Å². The summed E-state index contributed by atoms with van der Waals surface area (Å²) < 4.78 is 38.4. The normalized spacial score (nSPS) is 13.5. The van der Waals surface area contributed by atoms with Gasteiger partial charge in [-0.05, 0) is 31.2 Å². The molecule has 0 aliphatic carbocycles. The van der Waals surface area contributed by atoms with Gasteiger partial charge in [-0.25, -0.2) is 14.6 Å². The Morgan fingerprint density at radius 2 is 2.00 bits per heavy atom. The molecule has 0 saturated carbocycles. The molecule has 5 rings (SSSR count). The molecule has 7 nitrogen and oxygen atoms in total. The number of nitrogens with one attached hydrogen (secondary N) is 1. The van der Waals surface area contributed by atoms with Gasteiger partial charge in [0, 0.05) is 41.9 Å². The number of fused-ring (bicyclic) bond motifs is 2. The van der Waals surface area contributed by atoms with Crippen LogP contribution in [-0.4, -0.2) is 38.0 Å². The number of aromatic nitrogens is 5. The number of rotatable bonds is 4. The minimum Gasteiger partial charge on any atom is -0.477 e. The molecule has 148 valence electrons. The van der Waals surface area contributed by atoms with E-state index in [-0.39, 0.29) is 5.88 Å². The maximum absolute atomic E-state index is 13.0. The van der Waals surface area contributed by atoms with E-state index in [4.69, 9.17) is 9.47 Å². The molecule has 29 heavy (non-hydrogen) atoms. The first-order valence-electron chi connectivity index (χ1n) is 9.21. The maximum atomic E-state index is 13.0. The number of aromatic amines is 1. The fourth-order valence-electron chi connectivity index (χ4n) is 3.78. The summed E-state index contributed by atoms with van der Waals surface area (Å²) in [5.74, 6) is 0.509. The van der Waals surface area contributed by atoms with E-state index in [0.29, 0.717) is 35.0 Å². The lowest BCUT2D eigenvalue weighted by molar-refractivity contribution is -0.0524. The van der Waals surface area contributed by atoms with Crippen molar-refractivity contribution in [3.63, 3.8) is 0 Å². The lowest BCUT2D eigenvalue weighted by Crippen LogP contribution is -2.15. The van der Waals surface area contributed by atoms with Crippen molar-refractivity contribution >= 4 is 11.0 Å². The number of alkyl halides is 2. The van der Waals surface area contributed by atoms with E-state index in [2.05, 4.69) is 20.1 Å². The third kappa shape index (κ3) is 2.89. The zero-order chi connectivity index (χ0) is 20.0. The summed E-state index contributed by atoms with van der Waals surface area (Å²) in [5.41, 5.74) is 3.98. The van der Waals surface area contributed by atoms with Crippen molar-refractivity contribution in [2.45, 2.75) is 26.5 Å². The van der Waals surface area contributed by atoms with E-state index >= 15 is 0 Å². The number of H-pyrrole nitrogens is 1. The Labute approximate surface area is 164 Å². The smallest absolute Gasteiger partial charge is 0.388 e. The number of hydrogen-bond donors (Lipinski definition) is 1. The molecule has 0 spiro atoms. The molecule has 1 N–H and O–H groups in total. The standard InChI is InChI=1S/C20H17F2N5O2/c1-11-14(19-27(26-11)9-4-10-28-19)16-15(12-5-2-7-23-17(12)25-16)13-6-3-8-24-18(13)29-20(21)22/h2-3,5-8,20H,4,9-10H2,1H3,(H,23,25). The van der Waals surface area contributed by atoms with Crippen LogP contribution in [0.2, 0.25) is 0 Å². The average molecular weight is 397 g/mol. The highest BCUT2D eigenvalue weighted by molar-refractivity contribution is 6.04. The summed E-state index contributed by atoms with van der Waals surface area (Å²) >= 11 is 0. The fourth-order valence-corrected chi connectivity index (χ4v) is 3.78. The molecule has 0 unspecified atom stereocenters. The summed E-state index contributed by atoms with van der Waals surface area (Å²) in [6, 6.07) is 7.06. The molecule has 0 fully saturated rings. The largest absolute Gasteiger partial charge is 0.477 e. The van der Waals surface area contributed by atoms with Crippen molar-refractivity contribution in [1.82, 2.24) is 24.7 Å². The quantitative estimate of drug-likeness (QED) is 0.559. The second kappa shape index (κ2) is 6.84. The Bertz CT molecular complexity index is 1200. The molecule has 0 saturated heterocycles. The van der Waals surface area contributed by atoms with E-state index in [1.807, 2.05) is 17.7 Å². The van der Waals surface area contributed by atoms with Crippen molar-refractivity contribution in [2.24, 2.45) is 0 Å². The highest BCUT2D eigenvalue weighted by Crippen LogP contribution is 2.45. The van der Waals surface area contributed by atoms with Crippen LogP contribution in [-0.2, 0) is 6.54 Å². The zero-order valence-electron chi connectivity index (χ0n) is 15.5. The fraction of sp³-hybridized carbons (Fsp3) is 0.250. The number of pyridine rings is 2. The number of hydrogen-bond acceptors (Lipinski definition) is 5. The number of aryl methyl sites for hydroxylation is 2. The molecule has 1 aliphatic heterocycles. The van der Waals surface area contributed by atoms with Crippen LogP contribution < -0.4 is 9.47 Å². The third-order valence-corrected chi connectivity index (χ3v) is 4.90. The highest BCUT2D eigenvalue weighted by atomic mass is 19.3. The van der Waals surface area contributed by atoms with Gasteiger partial charge in [-0.1, -0.05) is 0 Å². The van der Waals surface area contributed by atoms with Crippen LogP contribution in [0.5, 0.6) is 11.8 Å². The van der Waals surface area contributed by atoms with Gasteiger partial charge in [-0.2, -0.15) is 13.9 Å². The van der Waals surface area contributed by atoms with Gasteiger partial charge >= 0.3 is 6.61 Å². The van der Waals surface area contributed by atoms with Crippen LogP contribution in [0, 0.1) is 6.92 Å². The molecule has 0 bridgehead atoms. The van der Waals surface area contributed by atoms with E-state index < -0.39 is 6.61 Å². The van der Waals surface area contributed by atoms with Gasteiger partial charge in [0.15, 0.2) is 0 Å². The van der Waals surface area contributed by atoms with Crippen LogP contribution in [0.15, 0.2) is 36.7 Å². The molecule has 0 aromatic carbocycles. The molecule has 0 radical (unpaired) electrons. The maximum Gasteiger partial charge on any atom is 0.388 e. The molecular weight excluding hydrogens is 380 g/mol. The van der Waals surface area contributed by atoms with Gasteiger partial charge in [0.2, 0.25) is 11.8 Å². The highest BCUT2D eigenvalue weighted by Gasteiger charge is 2.28. The molecule has 0 amide bonds. The Hall–Kier alpha value is -3.49. The van der Waals surface area contributed by atoms with Gasteiger partial charge in [0.1, 0.15) is 5.65 Å². The van der Waals surface area contributed by atoms with E-state index in [0.717, 1.165) is 29.6 Å². The average Bonchev–Trinajstić information content (AvgIpc) is 3.24. The van der Waals surface area contributed by atoms with E-state index in [1.54, 1.807) is 24.4 Å². The van der Waals surface area contributed by atoms with Crippen molar-refractivity contribution < 1.29 is 18.3 Å². The van der Waals surface area contributed by atoms with Crippen LogP contribution >= 0.6 is 0 Å². The van der Waals surface area contributed by atoms with Crippen LogP contribution in [0.25, 0.3) is 33.4 Å². The zero-order valence-corrected chi connectivity index (χ0v) is 15.5. The molecule has 9 heteroatoms. The first-order valence-corrected chi connectivity index (χ1v) is 9.21. The van der Waals surface area contributed by atoms with Gasteiger partial charge in [0.05, 0.1) is 23.6 Å². The lowest BCUT2D eigenvalue weighted by Gasteiger charge is -2.16. The topological polar surface area (TPSA) is 77.9 Å². The minimum absolute atomic E-state index is 0.145. The van der Waals surface area contributed by atoms with Gasteiger partial charge < -0.3 is 14.5 Å². The first kappa shape index (κ1) is 17.6. The van der Waals surface area contributed by atoms with Crippen LogP contribution in [0.4, 0.5) is 8.78 Å². The lowest BCUT2D eigenvalue weighted by atomic mass is 9.99. The third-order valence-electron chi connectivity index (χ3n) is 4.90. The van der Waals surface area contributed by atoms with Gasteiger partial charge in [-0.3, -0.25) is 0 Å². The van der Waals surface area contributed by atoms with Crippen molar-refractivity contribution in [1.29, 1.82) is 0 Å². The number of nitrogens with zero attached hydrogens (tertiary/aromatic N) is 4. The molecule has 4 aromatic rings. The van der Waals surface area contributed by atoms with Crippen molar-refractivity contribution in [3.05, 3.63) is 42.4 Å². The SMILES string of the molecule is Cc1nn2c(c1-c1[nH]c3ncccc3c1-c1cccnc1OC(F)F)OCCC2. The predicted molar refractivity (Wildman–Crippen MR) is 102 cm³/mol. The molecule has 0 atom stereocenters. The Morgan fingerprint density at radius 3 is 2.86 bits per heavy atom. The van der Waals surface area contributed by atoms with Gasteiger partial charge in [-0.15, -0.1) is 0 Å². The summed E-state index contributed by atoms with van der Waals surface area (Å²) in [4.78, 5) is 11.7. The summed E-state index contributed by atoms with van der Waals surface area (Å²) in [5, 5.41) is 5.36. The predicted octanol–water partition coefficient (Wildman–Crippen LogP) is 4.18. The molecular formula is C20H17F2N5O2. The Kier molecular flexibility index (Phi) is 4.15. The summed E-state index contributed by atoms with van der Waals surface area (Å²) in [7, 11) is 0. The van der Waals surface area contributed by atoms with Crippen molar-refractivity contribution in [2.75, 3.05) is 6.61 Å². The van der Waals surface area contributed by atoms with E-state index in [9.17, 15) is 8.78 Å². The van der Waals surface area contributed by atoms with Gasteiger partial charge in [0.25, 0.3) is 0 Å². The Morgan fingerprint density at radius 1 is 1.17 bits per heavy atom. The number of ether oxygens (including phenoxy) is 2. The second-order valence-corrected chi connectivity index (χ2v) is 6.70. The first-order chi connectivity index (χ1) is 14.1. The van der Waals surface area contributed by atoms with E-state index in [1.165, 1.54) is 6.20 Å². The monoisotopic (exact) mass is 397 g/mol. The summed E-state index contributed by atoms with van der Waals surface area (Å²) in [6.45, 7) is 0.270. The Balaban J connectivity index is 1.81.